The van der Waals surface area contributed by atoms with Crippen LogP contribution in [0.4, 0.5) is 0 Å². The van der Waals surface area contributed by atoms with Gasteiger partial charge >= 0.3 is 0 Å². The van der Waals surface area contributed by atoms with Crippen LogP contribution < -0.4 is 10.5 Å². The molecular formula is C31H30N2O4. The Morgan fingerprint density at radius 1 is 0.973 bits per heavy atom. The van der Waals surface area contributed by atoms with E-state index in [-0.39, 0.29) is 17.7 Å². The van der Waals surface area contributed by atoms with Crippen molar-refractivity contribution in [3.8, 4) is 28.0 Å². The fourth-order valence-corrected chi connectivity index (χ4v) is 4.97. The molecule has 4 aromatic rings. The molecule has 2 amide bonds. The van der Waals surface area contributed by atoms with Crippen molar-refractivity contribution >= 4 is 28.4 Å². The van der Waals surface area contributed by atoms with Crippen molar-refractivity contribution in [1.82, 2.24) is 4.90 Å². The Morgan fingerprint density at radius 2 is 1.62 bits per heavy atom. The Morgan fingerprint density at radius 3 is 2.27 bits per heavy atom. The normalized spacial score (nSPS) is 14.6. The first kappa shape index (κ1) is 24.4. The third kappa shape index (κ3) is 5.00. The van der Waals surface area contributed by atoms with Crippen molar-refractivity contribution in [3.05, 3.63) is 84.6 Å². The zero-order chi connectivity index (χ0) is 25.9. The number of carbonyl (C=O) groups excluding carboxylic acids is 2. The number of hydrogen-bond acceptors (Lipinski definition) is 4. The number of primary amides is 1. The number of amides is 2. The van der Waals surface area contributed by atoms with Crippen molar-refractivity contribution < 1.29 is 18.7 Å². The quantitative estimate of drug-likeness (QED) is 0.338. The van der Waals surface area contributed by atoms with Crippen molar-refractivity contribution in [2.24, 2.45) is 11.7 Å². The first-order valence-electron chi connectivity index (χ1n) is 12.5. The summed E-state index contributed by atoms with van der Waals surface area (Å²) < 4.78 is 11.5. The number of nitrogens with zero attached hydrogens (tertiary/aromatic N) is 1. The maximum Gasteiger partial charge on any atom is 0.246 e. The van der Waals surface area contributed by atoms with Crippen LogP contribution in [-0.2, 0) is 9.59 Å². The van der Waals surface area contributed by atoms with Crippen LogP contribution >= 0.6 is 0 Å². The molecule has 0 radical (unpaired) electrons. The van der Waals surface area contributed by atoms with Crippen LogP contribution in [0.25, 0.3) is 38.8 Å². The van der Waals surface area contributed by atoms with Crippen molar-refractivity contribution in [2.75, 3.05) is 20.2 Å². The molecule has 0 atom stereocenters. The van der Waals surface area contributed by atoms with Gasteiger partial charge in [0.05, 0.1) is 13.4 Å². The molecule has 0 saturated carbocycles. The van der Waals surface area contributed by atoms with Crippen molar-refractivity contribution in [3.63, 3.8) is 0 Å². The van der Waals surface area contributed by atoms with Gasteiger partial charge in [-0.15, -0.1) is 0 Å². The van der Waals surface area contributed by atoms with E-state index >= 15 is 0 Å². The highest BCUT2D eigenvalue weighted by molar-refractivity contribution is 6.00. The van der Waals surface area contributed by atoms with E-state index in [1.807, 2.05) is 37.3 Å². The molecule has 1 fully saturated rings. The van der Waals surface area contributed by atoms with Gasteiger partial charge in [0.25, 0.3) is 0 Å². The number of carbonyl (C=O) groups is 2. The summed E-state index contributed by atoms with van der Waals surface area (Å²) in [5, 5.41) is 0.950. The third-order valence-corrected chi connectivity index (χ3v) is 7.17. The summed E-state index contributed by atoms with van der Waals surface area (Å²) in [5.41, 5.74) is 12.1. The molecule has 5 rings (SSSR count). The molecule has 188 valence electrons. The van der Waals surface area contributed by atoms with Gasteiger partial charge in [-0.25, -0.2) is 0 Å². The highest BCUT2D eigenvalue weighted by Gasteiger charge is 2.25. The van der Waals surface area contributed by atoms with Crippen LogP contribution in [0.5, 0.6) is 5.75 Å². The van der Waals surface area contributed by atoms with Crippen LogP contribution in [-0.4, -0.2) is 36.9 Å². The molecule has 3 aromatic carbocycles. The number of nitrogens with two attached hydrogens (primary N) is 1. The number of ether oxygens (including phenoxy) is 1. The Bertz CT molecular complexity index is 1460. The number of furan rings is 1. The Kier molecular flexibility index (Phi) is 6.82. The number of allylic oxidation sites excluding steroid dienone is 1. The summed E-state index contributed by atoms with van der Waals surface area (Å²) in [7, 11) is 1.61. The third-order valence-electron chi connectivity index (χ3n) is 7.17. The number of hydrogen-bond donors (Lipinski definition) is 1. The van der Waals surface area contributed by atoms with E-state index in [0.717, 1.165) is 38.8 Å². The van der Waals surface area contributed by atoms with Gasteiger partial charge < -0.3 is 19.8 Å². The molecule has 37 heavy (non-hydrogen) atoms. The van der Waals surface area contributed by atoms with Crippen LogP contribution in [0.3, 0.4) is 0 Å². The molecule has 0 bridgehead atoms. The molecule has 6 heteroatoms. The predicted molar refractivity (Wildman–Crippen MR) is 146 cm³/mol. The molecule has 1 saturated heterocycles. The van der Waals surface area contributed by atoms with Crippen LogP contribution in [0.15, 0.2) is 83.5 Å². The lowest BCUT2D eigenvalue weighted by molar-refractivity contribution is -0.130. The summed E-state index contributed by atoms with van der Waals surface area (Å²) >= 11 is 0. The van der Waals surface area contributed by atoms with Gasteiger partial charge in [-0.3, -0.25) is 9.59 Å². The Balaban J connectivity index is 1.43. The summed E-state index contributed by atoms with van der Waals surface area (Å²) in [6, 6.07) is 22.6. The zero-order valence-electron chi connectivity index (χ0n) is 21.1. The summed E-state index contributed by atoms with van der Waals surface area (Å²) in [4.78, 5) is 26.2. The van der Waals surface area contributed by atoms with Crippen molar-refractivity contribution in [2.45, 2.75) is 19.8 Å². The van der Waals surface area contributed by atoms with Gasteiger partial charge in [-0.05, 0) is 48.1 Å². The Hall–Kier alpha value is -4.32. The minimum atomic E-state index is -0.289. The lowest BCUT2D eigenvalue weighted by Crippen LogP contribution is -2.41. The second kappa shape index (κ2) is 10.3. The lowest BCUT2D eigenvalue weighted by atomic mass is 9.95. The summed E-state index contributed by atoms with van der Waals surface area (Å²) in [6.07, 6.45) is 4.61. The second-order valence-electron chi connectivity index (χ2n) is 9.47. The van der Waals surface area contributed by atoms with E-state index in [1.54, 1.807) is 24.3 Å². The van der Waals surface area contributed by atoms with Gasteiger partial charge in [-0.2, -0.15) is 0 Å². The molecule has 1 aliphatic rings. The molecule has 0 spiro atoms. The van der Waals surface area contributed by atoms with Gasteiger partial charge in [0.2, 0.25) is 11.8 Å². The van der Waals surface area contributed by atoms with Crippen LogP contribution in [0, 0.1) is 5.92 Å². The molecule has 0 unspecified atom stereocenters. The fraction of sp³-hybridized carbons (Fsp3) is 0.226. The molecule has 1 aromatic heterocycles. The van der Waals surface area contributed by atoms with E-state index in [0.29, 0.717) is 31.7 Å². The number of benzene rings is 3. The van der Waals surface area contributed by atoms with Gasteiger partial charge in [0.1, 0.15) is 11.3 Å². The van der Waals surface area contributed by atoms with E-state index in [2.05, 4.69) is 36.4 Å². The average Bonchev–Trinajstić information content (AvgIpc) is 3.35. The topological polar surface area (TPSA) is 85.8 Å². The maximum absolute atomic E-state index is 13.0. The molecule has 1 aliphatic heterocycles. The molecule has 6 nitrogen and oxygen atoms in total. The summed E-state index contributed by atoms with van der Waals surface area (Å²) in [6.45, 7) is 2.96. The summed E-state index contributed by atoms with van der Waals surface area (Å²) in [5.74, 6) is 0.119. The number of fused-ring (bicyclic) bond motifs is 1. The monoisotopic (exact) mass is 494 g/mol. The first-order chi connectivity index (χ1) is 17.9. The van der Waals surface area contributed by atoms with Gasteiger partial charge in [0.15, 0.2) is 0 Å². The molecule has 2 heterocycles. The lowest BCUT2D eigenvalue weighted by Gasteiger charge is -2.30. The van der Waals surface area contributed by atoms with Crippen molar-refractivity contribution in [1.29, 1.82) is 0 Å². The predicted octanol–water partition coefficient (Wildman–Crippen LogP) is 5.90. The second-order valence-corrected chi connectivity index (χ2v) is 9.47. The van der Waals surface area contributed by atoms with E-state index in [4.69, 9.17) is 14.9 Å². The highest BCUT2D eigenvalue weighted by Crippen LogP contribution is 2.38. The maximum atomic E-state index is 13.0. The molecule has 2 N–H and O–H groups in total. The largest absolute Gasteiger partial charge is 0.496 e. The first-order valence-corrected chi connectivity index (χ1v) is 12.5. The average molecular weight is 495 g/mol. The van der Waals surface area contributed by atoms with E-state index < -0.39 is 0 Å². The standard InChI is InChI=1S/C31H30N2O4/c1-20(16-30(34)33-14-12-24(13-15-33)31(32)35)25-17-26-27(19-37-29(26)18-28(25)36-2)23-10-8-22(9-11-23)21-6-4-3-5-7-21/h3-11,16-19,24H,12-15H2,1-2H3,(H2,32,35)/b20-16+. The zero-order valence-corrected chi connectivity index (χ0v) is 21.1. The molecular weight excluding hydrogens is 464 g/mol. The minimum absolute atomic E-state index is 0.0773. The number of methoxy groups -OCH3 is 1. The van der Waals surface area contributed by atoms with E-state index in [1.165, 1.54) is 5.56 Å². The SMILES string of the molecule is COc1cc2occ(-c3ccc(-c4ccccc4)cc3)c2cc1/C(C)=C/C(=O)N1CCC(C(N)=O)CC1. The fourth-order valence-electron chi connectivity index (χ4n) is 4.97. The smallest absolute Gasteiger partial charge is 0.246 e. The number of piperidine rings is 1. The minimum Gasteiger partial charge on any atom is -0.496 e. The van der Waals surface area contributed by atoms with Crippen LogP contribution in [0.1, 0.15) is 25.3 Å². The number of rotatable bonds is 6. The van der Waals surface area contributed by atoms with Gasteiger partial charge in [-0.1, -0.05) is 54.6 Å². The highest BCUT2D eigenvalue weighted by atomic mass is 16.5. The number of likely N-dealkylation sites (tertiary alicyclic amines) is 1. The molecule has 0 aliphatic carbocycles. The van der Waals surface area contributed by atoms with Gasteiger partial charge in [0, 0.05) is 47.7 Å². The Labute approximate surface area is 216 Å². The van der Waals surface area contributed by atoms with E-state index in [9.17, 15) is 9.59 Å². The van der Waals surface area contributed by atoms with Crippen LogP contribution in [0.2, 0.25) is 0 Å².